The number of ether oxygens (including phenoxy) is 3. The van der Waals surface area contributed by atoms with Crippen molar-refractivity contribution in [2.45, 2.75) is 219 Å². The largest absolute Gasteiger partial charge is 0.462 e. The van der Waals surface area contributed by atoms with E-state index in [9.17, 15) is 9.59 Å². The van der Waals surface area contributed by atoms with E-state index in [0.717, 1.165) is 89.9 Å². The van der Waals surface area contributed by atoms with Gasteiger partial charge in [0.2, 0.25) is 0 Å². The Hall–Kier alpha value is -3.18. The van der Waals surface area contributed by atoms with Crippen LogP contribution in [0, 0.1) is 0 Å². The summed E-state index contributed by atoms with van der Waals surface area (Å²) in [4.78, 5) is 25.2. The molecule has 1 atom stereocenters. The highest BCUT2D eigenvalue weighted by Gasteiger charge is 2.17. The summed E-state index contributed by atoms with van der Waals surface area (Å²) in [5, 5.41) is 0. The van der Waals surface area contributed by atoms with Gasteiger partial charge in [-0.25, -0.2) is 0 Å². The normalized spacial score (nSPS) is 13.1. The van der Waals surface area contributed by atoms with Crippen molar-refractivity contribution in [2.75, 3.05) is 19.8 Å². The predicted octanol–water partition coefficient (Wildman–Crippen LogP) is 16.7. The molecular formula is C55H92O5. The van der Waals surface area contributed by atoms with Gasteiger partial charge in [-0.15, -0.1) is 0 Å². The maximum Gasteiger partial charge on any atom is 0.306 e. The number of carbonyl (C=O) groups excluding carboxylic acids is 2. The second kappa shape index (κ2) is 50.2. The van der Waals surface area contributed by atoms with Gasteiger partial charge in [0.05, 0.1) is 6.61 Å². The van der Waals surface area contributed by atoms with Gasteiger partial charge in [0, 0.05) is 19.4 Å². The van der Waals surface area contributed by atoms with E-state index in [1.807, 2.05) is 0 Å². The SMILES string of the molecule is CC/C=C\C/C=C\C/C=C\C/C=C\C/C=C\CCCC(=O)OCC(COCCCCCCCCC/C=C\C/C=C\C/C=C\CCCCC)OC(=O)CCCCCCCCC. The molecule has 0 heterocycles. The fraction of sp³-hybridized carbons (Fsp3) is 0.673. The number of hydrogen-bond donors (Lipinski definition) is 0. The molecule has 342 valence electrons. The molecule has 0 aliphatic carbocycles. The molecule has 0 aromatic heterocycles. The van der Waals surface area contributed by atoms with Crippen LogP contribution < -0.4 is 0 Å². The minimum atomic E-state index is -0.565. The van der Waals surface area contributed by atoms with E-state index in [-0.39, 0.29) is 25.2 Å². The second-order valence-electron chi connectivity index (χ2n) is 16.0. The van der Waals surface area contributed by atoms with Crippen LogP contribution in [0.25, 0.3) is 0 Å². The lowest BCUT2D eigenvalue weighted by Crippen LogP contribution is -2.30. The zero-order chi connectivity index (χ0) is 43.5. The van der Waals surface area contributed by atoms with E-state index >= 15 is 0 Å². The Morgan fingerprint density at radius 2 is 0.767 bits per heavy atom. The third-order valence-corrected chi connectivity index (χ3v) is 10.1. The van der Waals surface area contributed by atoms with E-state index in [0.29, 0.717) is 19.4 Å². The number of rotatable bonds is 44. The fourth-order valence-electron chi connectivity index (χ4n) is 6.43. The van der Waals surface area contributed by atoms with E-state index in [1.165, 1.54) is 89.9 Å². The van der Waals surface area contributed by atoms with E-state index in [1.54, 1.807) is 0 Å². The summed E-state index contributed by atoms with van der Waals surface area (Å²) in [5.74, 6) is -0.481. The van der Waals surface area contributed by atoms with E-state index < -0.39 is 6.10 Å². The molecule has 0 spiro atoms. The number of allylic oxidation sites excluding steroid dienone is 16. The zero-order valence-electron chi connectivity index (χ0n) is 39.2. The second-order valence-corrected chi connectivity index (χ2v) is 16.0. The lowest BCUT2D eigenvalue weighted by molar-refractivity contribution is -0.163. The highest BCUT2D eigenvalue weighted by molar-refractivity contribution is 5.70. The third-order valence-electron chi connectivity index (χ3n) is 10.1. The predicted molar refractivity (Wildman–Crippen MR) is 260 cm³/mol. The van der Waals surface area contributed by atoms with Gasteiger partial charge in [-0.2, -0.15) is 0 Å². The van der Waals surface area contributed by atoms with Crippen molar-refractivity contribution in [3.05, 3.63) is 97.2 Å². The first-order chi connectivity index (χ1) is 29.6. The molecule has 0 amide bonds. The van der Waals surface area contributed by atoms with Gasteiger partial charge in [-0.05, 0) is 96.3 Å². The number of esters is 2. The van der Waals surface area contributed by atoms with Crippen LogP contribution in [0.2, 0.25) is 0 Å². The minimum absolute atomic E-state index is 0.0476. The standard InChI is InChI=1S/C55H92O5/c1-4-7-10-13-16-18-20-22-24-26-27-28-30-32-34-36-38-41-44-47-50-58-51-53(60-55(57)49-46-43-39-15-12-9-6-3)52-59-54(56)48-45-42-40-37-35-33-31-29-25-23-21-19-17-14-11-8-5-2/h8,11,16-19,22-25,27-28,31,33,37,40,53H,4-7,9-10,12-15,20-21,26,29-30,32,34-36,38-39,41-52H2,1-3H3/b11-8-,18-16-,19-17-,24-22-,25-23-,28-27-,33-31-,40-37-. The van der Waals surface area contributed by atoms with Crippen molar-refractivity contribution in [2.24, 2.45) is 0 Å². The van der Waals surface area contributed by atoms with Gasteiger partial charge in [0.1, 0.15) is 6.61 Å². The zero-order valence-corrected chi connectivity index (χ0v) is 39.2. The van der Waals surface area contributed by atoms with E-state index in [2.05, 4.69) is 118 Å². The Labute approximate surface area is 371 Å². The van der Waals surface area contributed by atoms with Crippen molar-refractivity contribution >= 4 is 11.9 Å². The van der Waals surface area contributed by atoms with Crippen molar-refractivity contribution in [3.63, 3.8) is 0 Å². The maximum atomic E-state index is 12.7. The molecule has 60 heavy (non-hydrogen) atoms. The molecular weight excluding hydrogens is 741 g/mol. The molecule has 0 aliphatic heterocycles. The van der Waals surface area contributed by atoms with Crippen molar-refractivity contribution in [1.29, 1.82) is 0 Å². The van der Waals surface area contributed by atoms with Gasteiger partial charge < -0.3 is 14.2 Å². The van der Waals surface area contributed by atoms with Crippen LogP contribution in [0.15, 0.2) is 97.2 Å². The smallest absolute Gasteiger partial charge is 0.306 e. The van der Waals surface area contributed by atoms with Gasteiger partial charge >= 0.3 is 11.9 Å². The highest BCUT2D eigenvalue weighted by Crippen LogP contribution is 2.12. The van der Waals surface area contributed by atoms with Crippen LogP contribution in [-0.2, 0) is 23.8 Å². The first-order valence-corrected chi connectivity index (χ1v) is 24.8. The van der Waals surface area contributed by atoms with Gasteiger partial charge in [-0.3, -0.25) is 9.59 Å². The fourth-order valence-corrected chi connectivity index (χ4v) is 6.43. The Bertz CT molecular complexity index is 1170. The highest BCUT2D eigenvalue weighted by atomic mass is 16.6. The molecule has 0 saturated heterocycles. The number of carbonyl (C=O) groups is 2. The maximum absolute atomic E-state index is 12.7. The van der Waals surface area contributed by atoms with Crippen LogP contribution in [0.3, 0.4) is 0 Å². The average molecular weight is 833 g/mol. The first-order valence-electron chi connectivity index (χ1n) is 24.8. The Balaban J connectivity index is 4.24. The van der Waals surface area contributed by atoms with Crippen molar-refractivity contribution in [3.8, 4) is 0 Å². The van der Waals surface area contributed by atoms with Crippen LogP contribution in [-0.4, -0.2) is 37.9 Å². The van der Waals surface area contributed by atoms with Gasteiger partial charge in [0.25, 0.3) is 0 Å². The van der Waals surface area contributed by atoms with Crippen molar-refractivity contribution in [1.82, 2.24) is 0 Å². The third kappa shape index (κ3) is 47.5. The molecule has 0 saturated carbocycles. The molecule has 0 fully saturated rings. The Kier molecular flexibility index (Phi) is 47.5. The van der Waals surface area contributed by atoms with Crippen LogP contribution in [0.1, 0.15) is 213 Å². The quantitative estimate of drug-likeness (QED) is 0.0348. The summed E-state index contributed by atoms with van der Waals surface area (Å²) < 4.78 is 17.2. The molecule has 5 nitrogen and oxygen atoms in total. The first kappa shape index (κ1) is 56.8. The molecule has 0 aromatic carbocycles. The monoisotopic (exact) mass is 833 g/mol. The summed E-state index contributed by atoms with van der Waals surface area (Å²) in [7, 11) is 0. The van der Waals surface area contributed by atoms with Gasteiger partial charge in [-0.1, -0.05) is 201 Å². The summed E-state index contributed by atoms with van der Waals surface area (Å²) in [6.07, 6.45) is 67.2. The molecule has 0 aliphatic rings. The minimum Gasteiger partial charge on any atom is -0.462 e. The molecule has 0 N–H and O–H groups in total. The number of hydrogen-bond acceptors (Lipinski definition) is 5. The molecule has 0 radical (unpaired) electrons. The molecule has 0 rings (SSSR count). The number of unbranched alkanes of at least 4 members (excludes halogenated alkanes) is 17. The summed E-state index contributed by atoms with van der Waals surface area (Å²) in [6.45, 7) is 7.56. The van der Waals surface area contributed by atoms with Crippen molar-refractivity contribution < 1.29 is 23.8 Å². The van der Waals surface area contributed by atoms with E-state index in [4.69, 9.17) is 14.2 Å². The van der Waals surface area contributed by atoms with Crippen LogP contribution in [0.4, 0.5) is 0 Å². The molecule has 0 aromatic rings. The summed E-state index contributed by atoms with van der Waals surface area (Å²) in [5.41, 5.74) is 0. The van der Waals surface area contributed by atoms with Crippen LogP contribution >= 0.6 is 0 Å². The summed E-state index contributed by atoms with van der Waals surface area (Å²) >= 11 is 0. The lowest BCUT2D eigenvalue weighted by atomic mass is 10.1. The Morgan fingerprint density at radius 1 is 0.383 bits per heavy atom. The lowest BCUT2D eigenvalue weighted by Gasteiger charge is -2.18. The topological polar surface area (TPSA) is 61.8 Å². The van der Waals surface area contributed by atoms with Gasteiger partial charge in [0.15, 0.2) is 6.10 Å². The molecule has 5 heteroatoms. The van der Waals surface area contributed by atoms with Crippen LogP contribution in [0.5, 0.6) is 0 Å². The average Bonchev–Trinajstić information content (AvgIpc) is 3.25. The molecule has 0 bridgehead atoms. The Morgan fingerprint density at radius 3 is 1.28 bits per heavy atom. The summed E-state index contributed by atoms with van der Waals surface area (Å²) in [6, 6.07) is 0. The molecule has 1 unspecified atom stereocenters.